The quantitative estimate of drug-likeness (QED) is 0.357. The summed E-state index contributed by atoms with van der Waals surface area (Å²) in [6.07, 6.45) is 4.31. The first-order valence-electron chi connectivity index (χ1n) is 13.4. The van der Waals surface area contributed by atoms with Crippen molar-refractivity contribution in [2.24, 2.45) is 0 Å². The molecule has 210 valence electrons. The largest absolute Gasteiger partial charge is 0.338 e. The Morgan fingerprint density at radius 2 is 1.88 bits per heavy atom. The van der Waals surface area contributed by atoms with E-state index in [0.29, 0.717) is 48.4 Å². The number of aromatic amines is 1. The highest BCUT2D eigenvalue weighted by molar-refractivity contribution is 9.10. The zero-order valence-electron chi connectivity index (χ0n) is 22.3. The molecule has 0 saturated carbocycles. The van der Waals surface area contributed by atoms with Crippen LogP contribution in [-0.4, -0.2) is 50.9 Å². The first kappa shape index (κ1) is 27.4. The highest BCUT2D eigenvalue weighted by Gasteiger charge is 2.47. The Bertz CT molecular complexity index is 1830. The summed E-state index contributed by atoms with van der Waals surface area (Å²) in [5.74, 6) is -0.419. The standard InChI is InChI=1S/C30H27BrClN5O4/c1-18-2-5-25-23(12-18)30(7-10-35(11-8-30)29(41)22-14-20(32)15-33-27(22)39)16-37(25)26(38)6-9-36-17-34-24-4-3-19(31)13-21(24)28(36)40/h2-5,12-15,17H,6-11,16H2,1H3,(H,33,39). The van der Waals surface area contributed by atoms with Gasteiger partial charge in [-0.25, -0.2) is 4.98 Å². The molecule has 1 saturated heterocycles. The average molecular weight is 637 g/mol. The van der Waals surface area contributed by atoms with E-state index in [1.807, 2.05) is 30.0 Å². The number of rotatable bonds is 4. The minimum absolute atomic E-state index is 0.0266. The van der Waals surface area contributed by atoms with Crippen LogP contribution < -0.4 is 16.0 Å². The van der Waals surface area contributed by atoms with Crippen LogP contribution in [0, 0.1) is 6.92 Å². The number of nitrogens with one attached hydrogen (secondary N) is 1. The Kier molecular flexibility index (Phi) is 7.07. The van der Waals surface area contributed by atoms with Gasteiger partial charge in [0.2, 0.25) is 5.91 Å². The second-order valence-corrected chi connectivity index (χ2v) is 12.1. The number of hydrogen-bond donors (Lipinski definition) is 1. The smallest absolute Gasteiger partial charge is 0.261 e. The molecule has 2 aliphatic heterocycles. The van der Waals surface area contributed by atoms with Crippen LogP contribution in [0.1, 0.15) is 40.7 Å². The molecule has 2 aliphatic rings. The zero-order chi connectivity index (χ0) is 28.9. The molecule has 4 heterocycles. The molecular weight excluding hydrogens is 610 g/mol. The van der Waals surface area contributed by atoms with Crippen LogP contribution in [0.3, 0.4) is 0 Å². The summed E-state index contributed by atoms with van der Waals surface area (Å²) in [5, 5.41) is 0.793. The molecule has 1 N–H and O–H groups in total. The molecule has 0 unspecified atom stereocenters. The van der Waals surface area contributed by atoms with Gasteiger partial charge in [-0.05, 0) is 55.7 Å². The van der Waals surface area contributed by atoms with Crippen LogP contribution in [0.15, 0.2) is 69.1 Å². The SMILES string of the molecule is Cc1ccc2c(c1)C1(CCN(C(=O)c3cc(Cl)c[nH]c3=O)CC1)CN2C(=O)CCn1cnc2ccc(Br)cc2c1=O. The number of pyridine rings is 1. The molecule has 2 amide bonds. The topological polar surface area (TPSA) is 108 Å². The first-order chi connectivity index (χ1) is 19.6. The van der Waals surface area contributed by atoms with Gasteiger partial charge in [0.15, 0.2) is 0 Å². The third kappa shape index (κ3) is 4.99. The van der Waals surface area contributed by atoms with Gasteiger partial charge in [-0.15, -0.1) is 0 Å². The van der Waals surface area contributed by atoms with Crippen molar-refractivity contribution < 1.29 is 9.59 Å². The molecule has 41 heavy (non-hydrogen) atoms. The molecule has 0 bridgehead atoms. The van der Waals surface area contributed by atoms with Crippen molar-refractivity contribution in [1.29, 1.82) is 0 Å². The number of anilines is 1. The number of fused-ring (bicyclic) bond motifs is 3. The fraction of sp³-hybridized carbons (Fsp3) is 0.300. The third-order valence-electron chi connectivity index (χ3n) is 8.23. The van der Waals surface area contributed by atoms with Crippen LogP contribution in [0.4, 0.5) is 5.69 Å². The molecule has 4 aromatic rings. The van der Waals surface area contributed by atoms with Crippen molar-refractivity contribution in [3.63, 3.8) is 0 Å². The second kappa shape index (κ2) is 10.6. The van der Waals surface area contributed by atoms with E-state index in [1.54, 1.807) is 17.0 Å². The number of nitrogens with zero attached hydrogens (tertiary/aromatic N) is 4. The van der Waals surface area contributed by atoms with Crippen LogP contribution in [-0.2, 0) is 16.8 Å². The highest BCUT2D eigenvalue weighted by Crippen LogP contribution is 2.47. The van der Waals surface area contributed by atoms with E-state index in [2.05, 4.69) is 32.0 Å². The normalized spacial score (nSPS) is 15.9. The number of halogens is 2. The molecule has 1 spiro atoms. The van der Waals surface area contributed by atoms with Gasteiger partial charge in [-0.2, -0.15) is 0 Å². The number of H-pyrrole nitrogens is 1. The summed E-state index contributed by atoms with van der Waals surface area (Å²) >= 11 is 9.42. The van der Waals surface area contributed by atoms with Crippen molar-refractivity contribution >= 4 is 55.9 Å². The lowest BCUT2D eigenvalue weighted by Gasteiger charge is -2.40. The van der Waals surface area contributed by atoms with Crippen molar-refractivity contribution in [2.75, 3.05) is 24.5 Å². The lowest BCUT2D eigenvalue weighted by molar-refractivity contribution is -0.118. The number of piperidine rings is 1. The van der Waals surface area contributed by atoms with Crippen molar-refractivity contribution in [3.8, 4) is 0 Å². The molecule has 6 rings (SSSR count). The second-order valence-electron chi connectivity index (χ2n) is 10.8. The van der Waals surface area contributed by atoms with Crippen molar-refractivity contribution in [1.82, 2.24) is 19.4 Å². The maximum absolute atomic E-state index is 13.6. The van der Waals surface area contributed by atoms with E-state index in [-0.39, 0.29) is 41.3 Å². The summed E-state index contributed by atoms with van der Waals surface area (Å²) in [6.45, 7) is 3.65. The number of amides is 2. The van der Waals surface area contributed by atoms with Crippen LogP contribution in [0.5, 0.6) is 0 Å². The van der Waals surface area contributed by atoms with Crippen molar-refractivity contribution in [2.45, 2.75) is 38.1 Å². The van der Waals surface area contributed by atoms with E-state index >= 15 is 0 Å². The molecule has 1 fully saturated rings. The molecule has 0 radical (unpaired) electrons. The zero-order valence-corrected chi connectivity index (χ0v) is 24.7. The van der Waals surface area contributed by atoms with E-state index in [9.17, 15) is 19.2 Å². The monoisotopic (exact) mass is 635 g/mol. The Morgan fingerprint density at radius 1 is 1.10 bits per heavy atom. The maximum Gasteiger partial charge on any atom is 0.261 e. The number of benzene rings is 2. The summed E-state index contributed by atoms with van der Waals surface area (Å²) in [6, 6.07) is 12.9. The Labute approximate surface area is 248 Å². The minimum atomic E-state index is -0.466. The van der Waals surface area contributed by atoms with E-state index in [1.165, 1.54) is 23.2 Å². The van der Waals surface area contributed by atoms with Crippen LogP contribution >= 0.6 is 27.5 Å². The number of likely N-dealkylation sites (tertiary alicyclic amines) is 1. The van der Waals surface area contributed by atoms with Gasteiger partial charge in [0.1, 0.15) is 5.56 Å². The van der Waals surface area contributed by atoms with E-state index in [0.717, 1.165) is 21.3 Å². The van der Waals surface area contributed by atoms with Gasteiger partial charge >= 0.3 is 0 Å². The predicted molar refractivity (Wildman–Crippen MR) is 161 cm³/mol. The van der Waals surface area contributed by atoms with Gasteiger partial charge < -0.3 is 14.8 Å². The predicted octanol–water partition coefficient (Wildman–Crippen LogP) is 4.42. The van der Waals surface area contributed by atoms with E-state index < -0.39 is 5.56 Å². The summed E-state index contributed by atoms with van der Waals surface area (Å²) in [5.41, 5.74) is 2.76. The Morgan fingerprint density at radius 3 is 2.66 bits per heavy atom. The summed E-state index contributed by atoms with van der Waals surface area (Å²) < 4.78 is 2.27. The third-order valence-corrected chi connectivity index (χ3v) is 8.95. The molecule has 9 nitrogen and oxygen atoms in total. The lowest BCUT2D eigenvalue weighted by atomic mass is 9.74. The Balaban J connectivity index is 1.21. The van der Waals surface area contributed by atoms with Gasteiger partial charge in [-0.3, -0.25) is 23.7 Å². The molecule has 0 aliphatic carbocycles. The first-order valence-corrected chi connectivity index (χ1v) is 14.6. The van der Waals surface area contributed by atoms with Crippen molar-refractivity contribution in [3.05, 3.63) is 102 Å². The number of carbonyl (C=O) groups is 2. The van der Waals surface area contributed by atoms with Gasteiger partial charge in [0.05, 0.1) is 22.3 Å². The van der Waals surface area contributed by atoms with E-state index in [4.69, 9.17) is 11.6 Å². The van der Waals surface area contributed by atoms with Gasteiger partial charge in [-0.1, -0.05) is 45.2 Å². The number of aromatic nitrogens is 3. The number of carbonyl (C=O) groups excluding carboxylic acids is 2. The van der Waals surface area contributed by atoms with Crippen LogP contribution in [0.25, 0.3) is 10.9 Å². The number of hydrogen-bond acceptors (Lipinski definition) is 5. The molecule has 11 heteroatoms. The van der Waals surface area contributed by atoms with Gasteiger partial charge in [0, 0.05) is 54.4 Å². The lowest BCUT2D eigenvalue weighted by Crippen LogP contribution is -2.48. The average Bonchev–Trinajstić information content (AvgIpc) is 3.27. The maximum atomic E-state index is 13.6. The number of aryl methyl sites for hydroxylation is 2. The highest BCUT2D eigenvalue weighted by atomic mass is 79.9. The fourth-order valence-corrected chi connectivity index (χ4v) is 6.52. The summed E-state index contributed by atoms with van der Waals surface area (Å²) in [7, 11) is 0. The molecule has 2 aromatic carbocycles. The van der Waals surface area contributed by atoms with Gasteiger partial charge in [0.25, 0.3) is 17.0 Å². The van der Waals surface area contributed by atoms with Crippen LogP contribution in [0.2, 0.25) is 5.02 Å². The molecule has 0 atom stereocenters. The fourth-order valence-electron chi connectivity index (χ4n) is 6.00. The Hall–Kier alpha value is -3.76. The molecular formula is C30H27BrClN5O4. The molecule has 2 aromatic heterocycles. The summed E-state index contributed by atoms with van der Waals surface area (Å²) in [4.78, 5) is 62.4. The minimum Gasteiger partial charge on any atom is -0.338 e.